The summed E-state index contributed by atoms with van der Waals surface area (Å²) in [5.74, 6) is 0.204. The third-order valence-corrected chi connectivity index (χ3v) is 4.54. The Labute approximate surface area is 167 Å². The van der Waals surface area contributed by atoms with Crippen molar-refractivity contribution in [2.45, 2.75) is 19.8 Å². The van der Waals surface area contributed by atoms with Crippen LogP contribution in [-0.4, -0.2) is 28.0 Å². The largest absolute Gasteiger partial charge is 0.497 e. The molecule has 1 heterocycles. The van der Waals surface area contributed by atoms with Crippen molar-refractivity contribution in [3.05, 3.63) is 63.9 Å². The highest BCUT2D eigenvalue weighted by atomic mass is 35.5. The molecule has 140 valence electrons. The third kappa shape index (κ3) is 4.07. The van der Waals surface area contributed by atoms with Crippen LogP contribution in [-0.2, 0) is 0 Å². The number of rotatable bonds is 5. The van der Waals surface area contributed by atoms with Crippen LogP contribution >= 0.6 is 23.2 Å². The number of hydrogen-bond acceptors (Lipinski definition) is 4. The molecule has 0 spiro atoms. The number of hydrogen-bond donors (Lipinski definition) is 1. The van der Waals surface area contributed by atoms with Gasteiger partial charge >= 0.3 is 0 Å². The average molecular weight is 405 g/mol. The predicted molar refractivity (Wildman–Crippen MR) is 106 cm³/mol. The Morgan fingerprint density at radius 3 is 2.48 bits per heavy atom. The van der Waals surface area contributed by atoms with Crippen LogP contribution in [0.4, 0.5) is 5.69 Å². The maximum atomic E-state index is 12.8. The van der Waals surface area contributed by atoms with Crippen LogP contribution < -0.4 is 10.1 Å². The maximum Gasteiger partial charge on any atom is 0.278 e. The summed E-state index contributed by atoms with van der Waals surface area (Å²) in [6, 6.07) is 12.2. The second-order valence-corrected chi connectivity index (χ2v) is 7.01. The van der Waals surface area contributed by atoms with E-state index in [0.29, 0.717) is 27.2 Å². The van der Waals surface area contributed by atoms with E-state index in [-0.39, 0.29) is 11.6 Å². The first-order valence-electron chi connectivity index (χ1n) is 8.27. The molecule has 0 fully saturated rings. The normalized spacial score (nSPS) is 10.9. The van der Waals surface area contributed by atoms with Crippen molar-refractivity contribution in [1.82, 2.24) is 15.0 Å². The van der Waals surface area contributed by atoms with Gasteiger partial charge in [0.05, 0.1) is 29.2 Å². The summed E-state index contributed by atoms with van der Waals surface area (Å²) >= 11 is 12.1. The standard InChI is InChI=1S/C19H18Cl2N4O2/c1-11(2)18-17(23-24-25(18)13-6-4-12(20)5-7-13)19(26)22-16-10-14(27-3)8-9-15(16)21/h4-11H,1-3H3,(H,22,26). The Morgan fingerprint density at radius 2 is 1.85 bits per heavy atom. The monoisotopic (exact) mass is 404 g/mol. The zero-order chi connectivity index (χ0) is 19.6. The summed E-state index contributed by atoms with van der Waals surface area (Å²) in [7, 11) is 1.55. The van der Waals surface area contributed by atoms with Gasteiger partial charge in [-0.2, -0.15) is 0 Å². The summed E-state index contributed by atoms with van der Waals surface area (Å²) in [6.07, 6.45) is 0. The Bertz CT molecular complexity index is 968. The Hall–Kier alpha value is -2.57. The number of benzene rings is 2. The van der Waals surface area contributed by atoms with E-state index in [4.69, 9.17) is 27.9 Å². The molecule has 1 aromatic heterocycles. The molecule has 27 heavy (non-hydrogen) atoms. The van der Waals surface area contributed by atoms with Gasteiger partial charge in [-0.25, -0.2) is 4.68 Å². The first-order chi connectivity index (χ1) is 12.9. The van der Waals surface area contributed by atoms with Crippen molar-refractivity contribution in [2.24, 2.45) is 0 Å². The number of nitrogens with zero attached hydrogens (tertiary/aromatic N) is 3. The van der Waals surface area contributed by atoms with Gasteiger partial charge in [-0.05, 0) is 42.3 Å². The van der Waals surface area contributed by atoms with Crippen molar-refractivity contribution < 1.29 is 9.53 Å². The number of halogens is 2. The molecule has 0 aliphatic heterocycles. The smallest absolute Gasteiger partial charge is 0.278 e. The second-order valence-electron chi connectivity index (χ2n) is 6.17. The highest BCUT2D eigenvalue weighted by Crippen LogP contribution is 2.28. The number of aromatic nitrogens is 3. The zero-order valence-electron chi connectivity index (χ0n) is 15.0. The van der Waals surface area contributed by atoms with E-state index in [2.05, 4.69) is 15.6 Å². The molecule has 0 saturated carbocycles. The van der Waals surface area contributed by atoms with Gasteiger partial charge in [0.1, 0.15) is 5.75 Å². The van der Waals surface area contributed by atoms with Gasteiger partial charge in [-0.15, -0.1) is 5.10 Å². The summed E-state index contributed by atoms with van der Waals surface area (Å²) in [5, 5.41) is 12.1. The van der Waals surface area contributed by atoms with Gasteiger partial charge in [-0.1, -0.05) is 42.3 Å². The number of carbonyl (C=O) groups is 1. The first kappa shape index (κ1) is 19.2. The molecule has 0 saturated heterocycles. The van der Waals surface area contributed by atoms with E-state index < -0.39 is 5.91 Å². The Balaban J connectivity index is 1.97. The van der Waals surface area contributed by atoms with Crippen molar-refractivity contribution in [3.63, 3.8) is 0 Å². The minimum atomic E-state index is -0.394. The molecule has 8 heteroatoms. The van der Waals surface area contributed by atoms with E-state index in [1.54, 1.807) is 42.1 Å². The van der Waals surface area contributed by atoms with Crippen LogP contribution in [0.1, 0.15) is 35.9 Å². The van der Waals surface area contributed by atoms with Gasteiger partial charge < -0.3 is 10.1 Å². The minimum absolute atomic E-state index is 0.0113. The van der Waals surface area contributed by atoms with E-state index in [1.165, 1.54) is 0 Å². The van der Waals surface area contributed by atoms with Gasteiger partial charge in [0, 0.05) is 11.1 Å². The second kappa shape index (κ2) is 7.98. The van der Waals surface area contributed by atoms with Crippen LogP contribution in [0.3, 0.4) is 0 Å². The van der Waals surface area contributed by atoms with E-state index in [1.807, 2.05) is 26.0 Å². The summed E-state index contributed by atoms with van der Waals surface area (Å²) < 4.78 is 6.82. The minimum Gasteiger partial charge on any atom is -0.497 e. The first-order valence-corrected chi connectivity index (χ1v) is 9.02. The lowest BCUT2D eigenvalue weighted by Crippen LogP contribution is -2.16. The Kier molecular flexibility index (Phi) is 5.68. The van der Waals surface area contributed by atoms with Gasteiger partial charge in [0.2, 0.25) is 0 Å². The molecule has 0 aliphatic rings. The van der Waals surface area contributed by atoms with Crippen molar-refractivity contribution in [2.75, 3.05) is 12.4 Å². The quantitative estimate of drug-likeness (QED) is 0.652. The molecule has 3 rings (SSSR count). The number of amides is 1. The van der Waals surface area contributed by atoms with Crippen LogP contribution in [0.2, 0.25) is 10.0 Å². The van der Waals surface area contributed by atoms with Crippen LogP contribution in [0.5, 0.6) is 5.75 Å². The molecule has 1 N–H and O–H groups in total. The summed E-state index contributed by atoms with van der Waals surface area (Å²) in [6.45, 7) is 3.95. The van der Waals surface area contributed by atoms with E-state index >= 15 is 0 Å². The lowest BCUT2D eigenvalue weighted by Gasteiger charge is -2.12. The number of methoxy groups -OCH3 is 1. The van der Waals surface area contributed by atoms with Crippen LogP contribution in [0.25, 0.3) is 5.69 Å². The highest BCUT2D eigenvalue weighted by molar-refractivity contribution is 6.34. The van der Waals surface area contributed by atoms with E-state index in [0.717, 1.165) is 5.69 Å². The molecule has 6 nitrogen and oxygen atoms in total. The Morgan fingerprint density at radius 1 is 1.15 bits per heavy atom. The van der Waals surface area contributed by atoms with Gasteiger partial charge in [-0.3, -0.25) is 4.79 Å². The molecule has 0 atom stereocenters. The number of nitrogens with one attached hydrogen (secondary N) is 1. The molecular formula is C19H18Cl2N4O2. The lowest BCUT2D eigenvalue weighted by atomic mass is 10.1. The fourth-order valence-corrected chi connectivity index (χ4v) is 2.94. The SMILES string of the molecule is COc1ccc(Cl)c(NC(=O)c2nnn(-c3ccc(Cl)cc3)c2C(C)C)c1. The van der Waals surface area contributed by atoms with Crippen molar-refractivity contribution in [3.8, 4) is 11.4 Å². The predicted octanol–water partition coefficient (Wildman–Crippen LogP) is 4.96. The lowest BCUT2D eigenvalue weighted by molar-refractivity contribution is 0.102. The summed E-state index contributed by atoms with van der Waals surface area (Å²) in [5.41, 5.74) is 2.14. The number of anilines is 1. The van der Waals surface area contributed by atoms with Crippen LogP contribution in [0, 0.1) is 0 Å². The molecule has 3 aromatic rings. The van der Waals surface area contributed by atoms with Crippen molar-refractivity contribution in [1.29, 1.82) is 0 Å². The van der Waals surface area contributed by atoms with Crippen molar-refractivity contribution >= 4 is 34.8 Å². The average Bonchev–Trinajstić information content (AvgIpc) is 3.09. The molecule has 0 radical (unpaired) electrons. The molecule has 0 unspecified atom stereocenters. The number of carbonyl (C=O) groups excluding carboxylic acids is 1. The molecule has 0 aliphatic carbocycles. The van der Waals surface area contributed by atoms with Gasteiger partial charge in [0.15, 0.2) is 5.69 Å². The topological polar surface area (TPSA) is 69.0 Å². The highest BCUT2D eigenvalue weighted by Gasteiger charge is 2.23. The van der Waals surface area contributed by atoms with Gasteiger partial charge in [0.25, 0.3) is 5.91 Å². The molecular weight excluding hydrogens is 387 g/mol. The molecule has 2 aromatic carbocycles. The maximum absolute atomic E-state index is 12.8. The van der Waals surface area contributed by atoms with Crippen LogP contribution in [0.15, 0.2) is 42.5 Å². The number of ether oxygens (including phenoxy) is 1. The fraction of sp³-hybridized carbons (Fsp3) is 0.211. The zero-order valence-corrected chi connectivity index (χ0v) is 16.5. The fourth-order valence-electron chi connectivity index (χ4n) is 2.65. The van der Waals surface area contributed by atoms with E-state index in [9.17, 15) is 4.79 Å². The molecule has 1 amide bonds. The molecule has 0 bridgehead atoms. The summed E-state index contributed by atoms with van der Waals surface area (Å²) in [4.78, 5) is 12.8. The third-order valence-electron chi connectivity index (χ3n) is 3.96.